The second-order valence-electron chi connectivity index (χ2n) is 6.77. The zero-order chi connectivity index (χ0) is 14.9. The minimum absolute atomic E-state index is 0.181. The Bertz CT molecular complexity index is 516. The van der Waals surface area contributed by atoms with Gasteiger partial charge in [0.2, 0.25) is 0 Å². The Hall–Kier alpha value is -1.06. The van der Waals surface area contributed by atoms with Gasteiger partial charge in [0.15, 0.2) is 0 Å². The molecule has 3 heteroatoms. The predicted octanol–water partition coefficient (Wildman–Crippen LogP) is 2.88. The monoisotopic (exact) mass is 289 g/mol. The van der Waals surface area contributed by atoms with Gasteiger partial charge in [0.25, 0.3) is 0 Å². The molecule has 0 spiro atoms. The summed E-state index contributed by atoms with van der Waals surface area (Å²) in [6, 6.07) is 5.74. The van der Waals surface area contributed by atoms with Crippen LogP contribution in [0.2, 0.25) is 0 Å². The van der Waals surface area contributed by atoms with Crippen molar-refractivity contribution in [3.05, 3.63) is 29.3 Å². The number of fused-ring (bicyclic) bond motifs is 3. The molecule has 1 fully saturated rings. The van der Waals surface area contributed by atoms with Gasteiger partial charge in [-0.15, -0.1) is 0 Å². The van der Waals surface area contributed by atoms with Crippen LogP contribution in [0.5, 0.6) is 5.75 Å². The third-order valence-corrected chi connectivity index (χ3v) is 5.73. The molecule has 0 aliphatic heterocycles. The van der Waals surface area contributed by atoms with Crippen molar-refractivity contribution in [2.24, 2.45) is 0 Å². The van der Waals surface area contributed by atoms with Crippen LogP contribution in [-0.2, 0) is 11.8 Å². The molecule has 0 bridgehead atoms. The van der Waals surface area contributed by atoms with Crippen LogP contribution in [0.1, 0.15) is 56.6 Å². The van der Waals surface area contributed by atoms with Gasteiger partial charge < -0.3 is 15.5 Å². The van der Waals surface area contributed by atoms with Crippen molar-refractivity contribution in [3.63, 3.8) is 0 Å². The van der Waals surface area contributed by atoms with Crippen LogP contribution in [0, 0.1) is 0 Å². The lowest BCUT2D eigenvalue weighted by Gasteiger charge is -2.55. The lowest BCUT2D eigenvalue weighted by Crippen LogP contribution is -2.57. The maximum Gasteiger partial charge on any atom is 0.115 e. The second-order valence-corrected chi connectivity index (χ2v) is 6.77. The first kappa shape index (κ1) is 14.9. The lowest BCUT2D eigenvalue weighted by atomic mass is 9.53. The van der Waals surface area contributed by atoms with Crippen LogP contribution in [-0.4, -0.2) is 28.9 Å². The van der Waals surface area contributed by atoms with Crippen LogP contribution < -0.4 is 5.32 Å². The largest absolute Gasteiger partial charge is 0.508 e. The van der Waals surface area contributed by atoms with Crippen LogP contribution in [0.15, 0.2) is 18.2 Å². The van der Waals surface area contributed by atoms with Gasteiger partial charge in [0.05, 0.1) is 5.60 Å². The van der Waals surface area contributed by atoms with Crippen LogP contribution in [0.4, 0.5) is 0 Å². The number of benzene rings is 1. The molecule has 3 nitrogen and oxygen atoms in total. The van der Waals surface area contributed by atoms with E-state index in [1.54, 1.807) is 6.07 Å². The minimum atomic E-state index is -0.596. The van der Waals surface area contributed by atoms with E-state index in [0.717, 1.165) is 51.6 Å². The summed E-state index contributed by atoms with van der Waals surface area (Å²) in [6.45, 7) is 4.00. The van der Waals surface area contributed by atoms with Crippen molar-refractivity contribution in [3.8, 4) is 5.75 Å². The Kier molecular flexibility index (Phi) is 3.98. The van der Waals surface area contributed by atoms with E-state index >= 15 is 0 Å². The van der Waals surface area contributed by atoms with Crippen LogP contribution in [0.3, 0.4) is 0 Å². The van der Waals surface area contributed by atoms with Crippen molar-refractivity contribution >= 4 is 0 Å². The molecular formula is C18H27NO2. The lowest BCUT2D eigenvalue weighted by molar-refractivity contribution is -0.0868. The maximum atomic E-state index is 11.4. The summed E-state index contributed by atoms with van der Waals surface area (Å²) >= 11 is 0. The topological polar surface area (TPSA) is 52.5 Å². The summed E-state index contributed by atoms with van der Waals surface area (Å²) < 4.78 is 0. The minimum Gasteiger partial charge on any atom is -0.508 e. The highest BCUT2D eigenvalue weighted by Gasteiger charge is 2.54. The Morgan fingerprint density at radius 3 is 2.81 bits per heavy atom. The molecule has 0 radical (unpaired) electrons. The summed E-state index contributed by atoms with van der Waals surface area (Å²) in [5, 5.41) is 24.7. The van der Waals surface area contributed by atoms with Gasteiger partial charge in [-0.1, -0.05) is 25.8 Å². The highest BCUT2D eigenvalue weighted by molar-refractivity contribution is 5.45. The quantitative estimate of drug-likeness (QED) is 0.747. The van der Waals surface area contributed by atoms with E-state index in [0.29, 0.717) is 5.75 Å². The third-order valence-electron chi connectivity index (χ3n) is 5.73. The van der Waals surface area contributed by atoms with E-state index in [-0.39, 0.29) is 5.41 Å². The summed E-state index contributed by atoms with van der Waals surface area (Å²) in [4.78, 5) is 0. The van der Waals surface area contributed by atoms with E-state index in [4.69, 9.17) is 0 Å². The molecule has 3 rings (SSSR count). The van der Waals surface area contributed by atoms with E-state index in [1.807, 2.05) is 12.1 Å². The number of nitrogens with one attached hydrogen (secondary N) is 1. The number of aromatic hydroxyl groups is 1. The number of hydrogen-bond donors (Lipinski definition) is 3. The Balaban J connectivity index is 2.05. The Morgan fingerprint density at radius 2 is 2.00 bits per heavy atom. The van der Waals surface area contributed by atoms with Crippen molar-refractivity contribution in [2.45, 2.75) is 62.9 Å². The molecule has 0 amide bonds. The first-order valence-electron chi connectivity index (χ1n) is 8.37. The highest BCUT2D eigenvalue weighted by atomic mass is 16.3. The molecule has 1 aromatic rings. The zero-order valence-electron chi connectivity index (χ0n) is 13.0. The first-order chi connectivity index (χ1) is 10.1. The van der Waals surface area contributed by atoms with Gasteiger partial charge in [-0.3, -0.25) is 0 Å². The van der Waals surface area contributed by atoms with Crippen molar-refractivity contribution in [1.82, 2.24) is 5.32 Å². The van der Waals surface area contributed by atoms with Crippen molar-refractivity contribution < 1.29 is 10.2 Å². The van der Waals surface area contributed by atoms with Crippen LogP contribution in [0.25, 0.3) is 0 Å². The highest BCUT2D eigenvalue weighted by Crippen LogP contribution is 2.55. The Morgan fingerprint density at radius 1 is 1.19 bits per heavy atom. The van der Waals surface area contributed by atoms with Crippen molar-refractivity contribution in [1.29, 1.82) is 0 Å². The van der Waals surface area contributed by atoms with Gasteiger partial charge in [-0.2, -0.15) is 0 Å². The van der Waals surface area contributed by atoms with Gasteiger partial charge in [-0.25, -0.2) is 0 Å². The van der Waals surface area contributed by atoms with E-state index in [1.165, 1.54) is 17.5 Å². The zero-order valence-corrected chi connectivity index (χ0v) is 13.0. The van der Waals surface area contributed by atoms with Crippen LogP contribution >= 0.6 is 0 Å². The molecule has 2 aliphatic carbocycles. The van der Waals surface area contributed by atoms with Gasteiger partial charge in [0, 0.05) is 5.41 Å². The molecule has 0 aromatic heterocycles. The first-order valence-corrected chi connectivity index (χ1v) is 8.37. The summed E-state index contributed by atoms with van der Waals surface area (Å²) in [5.74, 6) is 0.325. The normalized spacial score (nSPS) is 31.5. The average Bonchev–Trinajstić information content (AvgIpc) is 2.48. The SMILES string of the molecule is CCNCCC12CCCCC1(O)CCc1ccc(O)cc12. The molecule has 116 valence electrons. The summed E-state index contributed by atoms with van der Waals surface area (Å²) in [5.41, 5.74) is 1.74. The summed E-state index contributed by atoms with van der Waals surface area (Å²) in [7, 11) is 0. The van der Waals surface area contributed by atoms with Crippen molar-refractivity contribution in [2.75, 3.05) is 13.1 Å². The number of aliphatic hydroxyl groups is 1. The average molecular weight is 289 g/mol. The predicted molar refractivity (Wildman–Crippen MR) is 84.7 cm³/mol. The molecule has 0 saturated heterocycles. The second kappa shape index (κ2) is 5.62. The van der Waals surface area contributed by atoms with E-state index in [2.05, 4.69) is 12.2 Å². The fourth-order valence-corrected chi connectivity index (χ4v) is 4.61. The molecule has 1 aromatic carbocycles. The molecule has 21 heavy (non-hydrogen) atoms. The number of rotatable bonds is 4. The molecule has 0 heterocycles. The fourth-order valence-electron chi connectivity index (χ4n) is 4.61. The Labute approximate surface area is 127 Å². The van der Waals surface area contributed by atoms with Gasteiger partial charge in [0.1, 0.15) is 5.75 Å². The smallest absolute Gasteiger partial charge is 0.115 e. The van der Waals surface area contributed by atoms with E-state index < -0.39 is 5.60 Å². The maximum absolute atomic E-state index is 11.4. The molecule has 3 N–H and O–H groups in total. The standard InChI is InChI=1S/C18H27NO2/c1-2-19-12-11-17-8-3-4-9-18(17,21)10-7-14-5-6-15(20)13-16(14)17/h5-6,13,19-21H,2-4,7-12H2,1H3. The summed E-state index contributed by atoms with van der Waals surface area (Å²) in [6.07, 6.45) is 6.95. The fraction of sp³-hybridized carbons (Fsp3) is 0.667. The van der Waals surface area contributed by atoms with Gasteiger partial charge >= 0.3 is 0 Å². The van der Waals surface area contributed by atoms with Gasteiger partial charge in [-0.05, 0) is 68.5 Å². The number of phenols is 1. The number of hydrogen-bond acceptors (Lipinski definition) is 3. The van der Waals surface area contributed by atoms with E-state index in [9.17, 15) is 10.2 Å². The molecule has 2 atom stereocenters. The molecule has 2 aliphatic rings. The number of aryl methyl sites for hydroxylation is 1. The third kappa shape index (κ3) is 2.36. The molecular weight excluding hydrogens is 262 g/mol. The molecule has 1 saturated carbocycles. The molecule has 2 unspecified atom stereocenters. The number of phenolic OH excluding ortho intramolecular Hbond substituents is 1.